The second-order valence-electron chi connectivity index (χ2n) is 3.06. The predicted octanol–water partition coefficient (Wildman–Crippen LogP) is -0.266. The van der Waals surface area contributed by atoms with Crippen molar-refractivity contribution in [1.82, 2.24) is 19.6 Å². The molecule has 0 radical (unpaired) electrons. The Hall–Kier alpha value is -2.12. The van der Waals surface area contributed by atoms with Gasteiger partial charge in [-0.1, -0.05) is 0 Å². The predicted molar refractivity (Wildman–Crippen MR) is 44.8 cm³/mol. The number of aromatic nitrogens is 4. The van der Waals surface area contributed by atoms with Crippen molar-refractivity contribution in [3.05, 3.63) is 23.3 Å². The number of hydrogen-bond donors (Lipinski definition) is 0. The summed E-state index contributed by atoms with van der Waals surface area (Å²) in [6, 6.07) is 1.12. The molecule has 0 bridgehead atoms. The Balaban J connectivity index is 2.75. The van der Waals surface area contributed by atoms with E-state index in [1.54, 1.807) is 0 Å². The lowest BCUT2D eigenvalue weighted by atomic mass is 10.3. The van der Waals surface area contributed by atoms with E-state index in [2.05, 4.69) is 15.1 Å². The molecule has 0 saturated carbocycles. The normalized spacial score (nSPS) is 11.2. The highest BCUT2D eigenvalue weighted by Gasteiger charge is 2.16. The number of carboxylic acid groups (broad SMARTS) is 1. The van der Waals surface area contributed by atoms with Gasteiger partial charge in [0.25, 0.3) is 12.2 Å². The van der Waals surface area contributed by atoms with Crippen molar-refractivity contribution >= 4 is 11.7 Å². The third-order valence-corrected chi connectivity index (χ3v) is 1.87. The number of aromatic carboxylic acids is 1. The molecule has 0 atom stereocenters. The van der Waals surface area contributed by atoms with Crippen LogP contribution in [-0.2, 0) is 0 Å². The first-order valence-electron chi connectivity index (χ1n) is 4.23. The molecule has 0 aromatic carbocycles. The quantitative estimate of drug-likeness (QED) is 0.705. The molecule has 0 fully saturated rings. The van der Waals surface area contributed by atoms with E-state index in [0.29, 0.717) is 10.2 Å². The Labute approximate surface area is 87.6 Å². The maximum absolute atomic E-state index is 12.6. The highest BCUT2D eigenvalue weighted by molar-refractivity contribution is 5.81. The highest BCUT2D eigenvalue weighted by Crippen LogP contribution is 2.19. The number of carbonyl (C=O) groups is 1. The first kappa shape index (κ1) is 10.4. The molecule has 0 amide bonds. The fourth-order valence-electron chi connectivity index (χ4n) is 1.26. The summed E-state index contributed by atoms with van der Waals surface area (Å²) < 4.78 is 25.9. The molecular weight excluding hydrogens is 222 g/mol. The lowest BCUT2D eigenvalue weighted by Crippen LogP contribution is -2.23. The van der Waals surface area contributed by atoms with Crippen LogP contribution in [0.2, 0.25) is 0 Å². The third kappa shape index (κ3) is 1.58. The van der Waals surface area contributed by atoms with E-state index in [-0.39, 0.29) is 5.78 Å². The average Bonchev–Trinajstić information content (AvgIpc) is 2.59. The van der Waals surface area contributed by atoms with E-state index >= 15 is 0 Å². The minimum Gasteiger partial charge on any atom is -0.541 e. The van der Waals surface area contributed by atoms with Crippen LogP contribution in [0.4, 0.5) is 8.78 Å². The number of carbonyl (C=O) groups excluding carboxylic acids is 1. The van der Waals surface area contributed by atoms with Gasteiger partial charge in [-0.15, -0.1) is 5.10 Å². The number of carboxylic acids is 1. The maximum Gasteiger partial charge on any atom is 0.280 e. The van der Waals surface area contributed by atoms with Gasteiger partial charge in [0.1, 0.15) is 11.7 Å². The van der Waals surface area contributed by atoms with Crippen molar-refractivity contribution in [2.75, 3.05) is 0 Å². The number of hydrogen-bond acceptors (Lipinski definition) is 5. The molecule has 16 heavy (non-hydrogen) atoms. The minimum absolute atomic E-state index is 0.186. The zero-order chi connectivity index (χ0) is 11.9. The molecule has 0 saturated heterocycles. The largest absolute Gasteiger partial charge is 0.541 e. The first-order valence-corrected chi connectivity index (χ1v) is 4.23. The van der Waals surface area contributed by atoms with E-state index < -0.39 is 23.9 Å². The summed E-state index contributed by atoms with van der Waals surface area (Å²) in [5.41, 5.74) is -0.150. The van der Waals surface area contributed by atoms with E-state index in [0.717, 1.165) is 6.07 Å². The van der Waals surface area contributed by atoms with Crippen LogP contribution in [0.5, 0.6) is 0 Å². The van der Waals surface area contributed by atoms with Crippen molar-refractivity contribution in [3.63, 3.8) is 0 Å². The second-order valence-corrected chi connectivity index (χ2v) is 3.06. The monoisotopic (exact) mass is 227 g/mol. The summed E-state index contributed by atoms with van der Waals surface area (Å²) in [5, 5.41) is 13.8. The fourth-order valence-corrected chi connectivity index (χ4v) is 1.26. The molecule has 2 aromatic rings. The molecule has 8 heteroatoms. The van der Waals surface area contributed by atoms with Crippen LogP contribution in [0.1, 0.15) is 28.4 Å². The van der Waals surface area contributed by atoms with Gasteiger partial charge in [-0.05, 0) is 13.0 Å². The van der Waals surface area contributed by atoms with E-state index in [4.69, 9.17) is 0 Å². The summed E-state index contributed by atoms with van der Waals surface area (Å²) in [4.78, 5) is 17.7. The van der Waals surface area contributed by atoms with Crippen molar-refractivity contribution in [2.24, 2.45) is 0 Å². The smallest absolute Gasteiger partial charge is 0.280 e. The van der Waals surface area contributed by atoms with Crippen molar-refractivity contribution in [2.45, 2.75) is 13.3 Å². The average molecular weight is 227 g/mol. The first-order chi connectivity index (χ1) is 7.49. The molecule has 6 nitrogen and oxygen atoms in total. The van der Waals surface area contributed by atoms with Gasteiger partial charge in [-0.2, -0.15) is 9.50 Å². The number of alkyl halides is 2. The maximum atomic E-state index is 12.6. The van der Waals surface area contributed by atoms with Gasteiger partial charge >= 0.3 is 0 Å². The summed E-state index contributed by atoms with van der Waals surface area (Å²) in [6.07, 6.45) is -2.79. The van der Waals surface area contributed by atoms with E-state index in [9.17, 15) is 18.7 Å². The Bertz CT molecular complexity index is 566. The van der Waals surface area contributed by atoms with E-state index in [1.165, 1.54) is 6.92 Å². The summed E-state index contributed by atoms with van der Waals surface area (Å²) >= 11 is 0. The molecule has 0 aliphatic heterocycles. The molecule has 0 aliphatic carbocycles. The molecule has 2 heterocycles. The van der Waals surface area contributed by atoms with Gasteiger partial charge in [-0.25, -0.2) is 13.8 Å². The number of aryl methyl sites for hydroxylation is 1. The van der Waals surface area contributed by atoms with Crippen molar-refractivity contribution < 1.29 is 18.7 Å². The van der Waals surface area contributed by atoms with Crippen LogP contribution < -0.4 is 5.11 Å². The summed E-state index contributed by atoms with van der Waals surface area (Å²) in [6.45, 7) is 1.50. The standard InChI is InChI=1S/C8H6F2N4O2/c1-3-2-4(5(9)10)14-8(11-3)12-6(13-14)7(15)16/h2,5H,1H3,(H,15,16)/p-1. The Morgan fingerprint density at radius 1 is 1.50 bits per heavy atom. The fraction of sp³-hybridized carbons (Fsp3) is 0.250. The molecule has 0 aliphatic rings. The minimum atomic E-state index is -2.79. The van der Waals surface area contributed by atoms with Gasteiger partial charge < -0.3 is 9.90 Å². The van der Waals surface area contributed by atoms with Gasteiger partial charge in [-0.3, -0.25) is 0 Å². The lowest BCUT2D eigenvalue weighted by molar-refractivity contribution is -0.256. The molecule has 2 rings (SSSR count). The Kier molecular flexibility index (Phi) is 2.26. The van der Waals surface area contributed by atoms with Gasteiger partial charge in [0.05, 0.1) is 0 Å². The molecule has 2 aromatic heterocycles. The van der Waals surface area contributed by atoms with Crippen molar-refractivity contribution in [3.8, 4) is 0 Å². The topological polar surface area (TPSA) is 83.2 Å². The molecule has 84 valence electrons. The van der Waals surface area contributed by atoms with E-state index in [1.807, 2.05) is 0 Å². The van der Waals surface area contributed by atoms with Crippen LogP contribution in [0.3, 0.4) is 0 Å². The van der Waals surface area contributed by atoms with Crippen molar-refractivity contribution in [1.29, 1.82) is 0 Å². The molecular formula is C8H5F2N4O2-. The van der Waals surface area contributed by atoms with Gasteiger partial charge in [0, 0.05) is 5.69 Å². The number of nitrogens with zero attached hydrogens (tertiary/aromatic N) is 4. The Morgan fingerprint density at radius 3 is 2.75 bits per heavy atom. The van der Waals surface area contributed by atoms with Crippen LogP contribution in [0.15, 0.2) is 6.07 Å². The van der Waals surface area contributed by atoms with Crippen LogP contribution >= 0.6 is 0 Å². The summed E-state index contributed by atoms with van der Waals surface area (Å²) in [5.74, 6) is -2.49. The zero-order valence-electron chi connectivity index (χ0n) is 8.02. The number of halogens is 2. The van der Waals surface area contributed by atoms with Crippen LogP contribution in [0.25, 0.3) is 5.78 Å². The number of rotatable bonds is 2. The third-order valence-electron chi connectivity index (χ3n) is 1.87. The zero-order valence-corrected chi connectivity index (χ0v) is 8.02. The molecule has 0 N–H and O–H groups in total. The second kappa shape index (κ2) is 3.47. The number of fused-ring (bicyclic) bond motifs is 1. The SMILES string of the molecule is Cc1cc(C(F)F)n2nc(C(=O)[O-])nc2n1. The highest BCUT2D eigenvalue weighted by atomic mass is 19.3. The molecule has 0 unspecified atom stereocenters. The lowest BCUT2D eigenvalue weighted by Gasteiger charge is -2.02. The van der Waals surface area contributed by atoms with Gasteiger partial charge in [0.15, 0.2) is 5.82 Å². The Morgan fingerprint density at radius 2 is 2.19 bits per heavy atom. The molecule has 0 spiro atoms. The van der Waals surface area contributed by atoms with Crippen LogP contribution in [-0.4, -0.2) is 25.6 Å². The van der Waals surface area contributed by atoms with Gasteiger partial charge in [0.2, 0.25) is 0 Å². The summed E-state index contributed by atoms with van der Waals surface area (Å²) in [7, 11) is 0. The van der Waals surface area contributed by atoms with Crippen LogP contribution in [0, 0.1) is 6.92 Å².